The van der Waals surface area contributed by atoms with Gasteiger partial charge in [-0.25, -0.2) is 4.79 Å². The Kier molecular flexibility index (Phi) is 5.15. The maximum Gasteiger partial charge on any atom is 0.416 e. The summed E-state index contributed by atoms with van der Waals surface area (Å²) >= 11 is 0. The summed E-state index contributed by atoms with van der Waals surface area (Å²) in [7, 11) is 0. The van der Waals surface area contributed by atoms with Crippen LogP contribution in [0.25, 0.3) is 0 Å². The van der Waals surface area contributed by atoms with Crippen molar-refractivity contribution in [2.45, 2.75) is 26.1 Å². The third kappa shape index (κ3) is 4.17. The summed E-state index contributed by atoms with van der Waals surface area (Å²) < 4.78 is 43.3. The Morgan fingerprint density at radius 1 is 1.36 bits per heavy atom. The van der Waals surface area contributed by atoms with Gasteiger partial charge in [0.05, 0.1) is 16.9 Å². The molecule has 0 radical (unpaired) electrons. The maximum absolute atomic E-state index is 12.8. The first-order valence-electron chi connectivity index (χ1n) is 7.29. The summed E-state index contributed by atoms with van der Waals surface area (Å²) in [4.78, 5) is 36.6. The molecule has 134 valence electrons. The lowest BCUT2D eigenvalue weighted by atomic mass is 10.1. The summed E-state index contributed by atoms with van der Waals surface area (Å²) in [6.07, 6.45) is -3.23. The van der Waals surface area contributed by atoms with E-state index in [4.69, 9.17) is 4.74 Å². The van der Waals surface area contributed by atoms with Gasteiger partial charge in [0.25, 0.3) is 5.91 Å². The molecule has 9 heteroatoms. The highest BCUT2D eigenvalue weighted by Crippen LogP contribution is 2.37. The molecule has 2 amide bonds. The minimum Gasteiger partial charge on any atom is -0.449 e. The van der Waals surface area contributed by atoms with Crippen LogP contribution in [-0.2, 0) is 25.3 Å². The zero-order valence-electron chi connectivity index (χ0n) is 13.4. The number of amides is 2. The van der Waals surface area contributed by atoms with Crippen LogP contribution in [0.3, 0.4) is 0 Å². The molecule has 1 aliphatic rings. The van der Waals surface area contributed by atoms with Crippen LogP contribution in [0.15, 0.2) is 30.4 Å². The fourth-order valence-corrected chi connectivity index (χ4v) is 2.28. The quantitative estimate of drug-likeness (QED) is 0.667. The highest BCUT2D eigenvalue weighted by atomic mass is 19.4. The van der Waals surface area contributed by atoms with Crippen LogP contribution in [0.2, 0.25) is 0 Å². The van der Waals surface area contributed by atoms with E-state index < -0.39 is 35.6 Å². The SMILES string of the molecule is C/C=C/C(=O)O[C@H](C)C(=O)N1CC(=O)Nc2cc(C(F)(F)F)ccc21. The van der Waals surface area contributed by atoms with Crippen LogP contribution in [-0.4, -0.2) is 30.4 Å². The molecule has 0 saturated heterocycles. The van der Waals surface area contributed by atoms with E-state index in [0.717, 1.165) is 29.2 Å². The predicted octanol–water partition coefficient (Wildman–Crippen LogP) is 2.50. The van der Waals surface area contributed by atoms with Crippen molar-refractivity contribution in [2.75, 3.05) is 16.8 Å². The summed E-state index contributed by atoms with van der Waals surface area (Å²) in [5.41, 5.74) is -0.980. The molecule has 1 aromatic carbocycles. The molecule has 1 atom stereocenters. The van der Waals surface area contributed by atoms with Crippen LogP contribution in [0.1, 0.15) is 19.4 Å². The Bertz CT molecular complexity index is 743. The lowest BCUT2D eigenvalue weighted by Gasteiger charge is -2.31. The lowest BCUT2D eigenvalue weighted by Crippen LogP contribution is -2.47. The van der Waals surface area contributed by atoms with Crippen LogP contribution < -0.4 is 10.2 Å². The lowest BCUT2D eigenvalue weighted by molar-refractivity contribution is -0.149. The molecule has 2 rings (SSSR count). The number of nitrogens with zero attached hydrogens (tertiary/aromatic N) is 1. The number of rotatable bonds is 3. The molecular weight excluding hydrogens is 341 g/mol. The van der Waals surface area contributed by atoms with Gasteiger partial charge in [-0.05, 0) is 32.0 Å². The zero-order valence-corrected chi connectivity index (χ0v) is 13.4. The van der Waals surface area contributed by atoms with Crippen molar-refractivity contribution in [3.8, 4) is 0 Å². The maximum atomic E-state index is 12.8. The largest absolute Gasteiger partial charge is 0.449 e. The van der Waals surface area contributed by atoms with Gasteiger partial charge >= 0.3 is 12.1 Å². The molecule has 1 N–H and O–H groups in total. The van der Waals surface area contributed by atoms with Gasteiger partial charge in [-0.15, -0.1) is 0 Å². The molecule has 0 spiro atoms. The fourth-order valence-electron chi connectivity index (χ4n) is 2.28. The number of ether oxygens (including phenoxy) is 1. The molecule has 25 heavy (non-hydrogen) atoms. The second-order valence-corrected chi connectivity index (χ2v) is 5.28. The van der Waals surface area contributed by atoms with Gasteiger partial charge in [-0.1, -0.05) is 6.08 Å². The van der Waals surface area contributed by atoms with E-state index in [1.54, 1.807) is 6.92 Å². The number of fused-ring (bicyclic) bond motifs is 1. The van der Waals surface area contributed by atoms with Crippen LogP contribution in [0.5, 0.6) is 0 Å². The molecule has 0 bridgehead atoms. The molecule has 0 unspecified atom stereocenters. The number of halogens is 3. The van der Waals surface area contributed by atoms with Gasteiger partial charge in [0, 0.05) is 6.08 Å². The van der Waals surface area contributed by atoms with E-state index in [2.05, 4.69) is 5.32 Å². The highest BCUT2D eigenvalue weighted by molar-refractivity contribution is 6.11. The van der Waals surface area contributed by atoms with Crippen molar-refractivity contribution >= 4 is 29.2 Å². The van der Waals surface area contributed by atoms with Crippen molar-refractivity contribution in [3.63, 3.8) is 0 Å². The zero-order chi connectivity index (χ0) is 18.8. The molecule has 1 heterocycles. The second-order valence-electron chi connectivity index (χ2n) is 5.28. The first-order chi connectivity index (χ1) is 11.6. The Morgan fingerprint density at radius 3 is 2.64 bits per heavy atom. The van der Waals surface area contributed by atoms with E-state index in [1.165, 1.54) is 13.0 Å². The van der Waals surface area contributed by atoms with Gasteiger partial charge in [0.2, 0.25) is 5.91 Å². The van der Waals surface area contributed by atoms with Gasteiger partial charge in [0.15, 0.2) is 6.10 Å². The highest BCUT2D eigenvalue weighted by Gasteiger charge is 2.35. The van der Waals surface area contributed by atoms with Crippen LogP contribution in [0, 0.1) is 0 Å². The number of benzene rings is 1. The average molecular weight is 356 g/mol. The average Bonchev–Trinajstić information content (AvgIpc) is 2.51. The Balaban J connectivity index is 2.30. The number of alkyl halides is 3. The smallest absolute Gasteiger partial charge is 0.416 e. The second kappa shape index (κ2) is 6.96. The molecule has 0 saturated carbocycles. The molecule has 0 aliphatic carbocycles. The van der Waals surface area contributed by atoms with Gasteiger partial charge < -0.3 is 10.1 Å². The Morgan fingerprint density at radius 2 is 2.04 bits per heavy atom. The number of nitrogens with one attached hydrogen (secondary N) is 1. The summed E-state index contributed by atoms with van der Waals surface area (Å²) in [5, 5.41) is 2.31. The third-order valence-electron chi connectivity index (χ3n) is 3.40. The number of carbonyl (C=O) groups excluding carboxylic acids is 3. The molecule has 0 aromatic heterocycles. The standard InChI is InChI=1S/C16H15F3N2O4/c1-3-4-14(23)25-9(2)15(24)21-8-13(22)20-11-7-10(16(17,18)19)5-6-12(11)21/h3-7,9H,8H2,1-2H3,(H,20,22)/b4-3+/t9-/m1/s1. The van der Waals surface area contributed by atoms with Gasteiger partial charge in [-0.3, -0.25) is 14.5 Å². The van der Waals surface area contributed by atoms with Crippen LogP contribution >= 0.6 is 0 Å². The van der Waals surface area contributed by atoms with Crippen LogP contribution in [0.4, 0.5) is 24.5 Å². The minimum atomic E-state index is -4.58. The molecular formula is C16H15F3N2O4. The number of hydrogen-bond acceptors (Lipinski definition) is 4. The monoisotopic (exact) mass is 356 g/mol. The van der Waals surface area contributed by atoms with Gasteiger partial charge in [0.1, 0.15) is 6.54 Å². The van der Waals surface area contributed by atoms with Crippen molar-refractivity contribution in [2.24, 2.45) is 0 Å². The van der Waals surface area contributed by atoms with E-state index in [-0.39, 0.29) is 17.9 Å². The first kappa shape index (κ1) is 18.5. The number of anilines is 2. The van der Waals surface area contributed by atoms with Crippen molar-refractivity contribution in [3.05, 3.63) is 35.9 Å². The number of hydrogen-bond donors (Lipinski definition) is 1. The minimum absolute atomic E-state index is 0.103. The van der Waals surface area contributed by atoms with E-state index in [0.29, 0.717) is 0 Å². The number of carbonyl (C=O) groups is 3. The molecule has 1 aromatic rings. The van der Waals surface area contributed by atoms with Crippen molar-refractivity contribution < 1.29 is 32.3 Å². The molecule has 0 fully saturated rings. The Hall–Kier alpha value is -2.84. The topological polar surface area (TPSA) is 75.7 Å². The first-order valence-corrected chi connectivity index (χ1v) is 7.29. The van der Waals surface area contributed by atoms with Crippen molar-refractivity contribution in [1.29, 1.82) is 0 Å². The summed E-state index contributed by atoms with van der Waals surface area (Å²) in [6.45, 7) is 2.53. The van der Waals surface area contributed by atoms with Crippen molar-refractivity contribution in [1.82, 2.24) is 0 Å². The fraction of sp³-hybridized carbons (Fsp3) is 0.312. The van der Waals surface area contributed by atoms with E-state index in [9.17, 15) is 27.6 Å². The van der Waals surface area contributed by atoms with Gasteiger partial charge in [-0.2, -0.15) is 13.2 Å². The third-order valence-corrected chi connectivity index (χ3v) is 3.40. The number of esters is 1. The summed E-state index contributed by atoms with van der Waals surface area (Å²) in [6, 6.07) is 2.66. The Labute approximate surface area is 141 Å². The number of allylic oxidation sites excluding steroid dienone is 1. The van der Waals surface area contributed by atoms with E-state index in [1.807, 2.05) is 0 Å². The summed E-state index contributed by atoms with van der Waals surface area (Å²) in [5.74, 6) is -2.10. The molecule has 6 nitrogen and oxygen atoms in total. The predicted molar refractivity (Wildman–Crippen MR) is 82.8 cm³/mol. The molecule has 1 aliphatic heterocycles. The normalized spacial score (nSPS) is 15.6. The van der Waals surface area contributed by atoms with E-state index >= 15 is 0 Å².